The van der Waals surface area contributed by atoms with Gasteiger partial charge in [0.15, 0.2) is 0 Å². The highest BCUT2D eigenvalue weighted by atomic mass is 32.1. The molecular weight excluding hydrogens is 356 g/mol. The number of hydrogen-bond acceptors (Lipinski definition) is 7. The molecule has 27 heavy (non-hydrogen) atoms. The van der Waals surface area contributed by atoms with Crippen molar-refractivity contribution >= 4 is 22.5 Å². The van der Waals surface area contributed by atoms with Crippen LogP contribution < -0.4 is 9.80 Å². The van der Waals surface area contributed by atoms with Gasteiger partial charge >= 0.3 is 0 Å². The number of piperazine rings is 1. The highest BCUT2D eigenvalue weighted by Gasteiger charge is 2.31. The molecule has 2 aromatic rings. The van der Waals surface area contributed by atoms with Crippen molar-refractivity contribution in [2.24, 2.45) is 0 Å². The lowest BCUT2D eigenvalue weighted by Gasteiger charge is -2.35. The van der Waals surface area contributed by atoms with Crippen LogP contribution in [0.25, 0.3) is 0 Å². The largest absolute Gasteiger partial charge is 0.353 e. The van der Waals surface area contributed by atoms with Crippen LogP contribution in [0.5, 0.6) is 0 Å². The normalized spacial score (nSPS) is 21.0. The van der Waals surface area contributed by atoms with Crippen LogP contribution in [0.15, 0.2) is 6.07 Å². The predicted octanol–water partition coefficient (Wildman–Crippen LogP) is 3.71. The Morgan fingerprint density at radius 3 is 2.11 bits per heavy atom. The van der Waals surface area contributed by atoms with Crippen molar-refractivity contribution in [1.82, 2.24) is 19.3 Å². The van der Waals surface area contributed by atoms with E-state index in [1.165, 1.54) is 25.7 Å². The smallest absolute Gasteiger partial charge is 0.205 e. The summed E-state index contributed by atoms with van der Waals surface area (Å²) in [6.07, 6.45) is 5.00. The molecule has 1 saturated heterocycles. The minimum Gasteiger partial charge on any atom is -0.353 e. The van der Waals surface area contributed by atoms with Gasteiger partial charge in [-0.3, -0.25) is 0 Å². The molecule has 0 bridgehead atoms. The Labute approximate surface area is 165 Å². The molecule has 0 spiro atoms. The van der Waals surface area contributed by atoms with Crippen molar-refractivity contribution < 1.29 is 0 Å². The van der Waals surface area contributed by atoms with Crippen LogP contribution in [0.3, 0.4) is 0 Å². The molecule has 5 rings (SSSR count). The van der Waals surface area contributed by atoms with E-state index in [2.05, 4.69) is 41.0 Å². The fourth-order valence-electron chi connectivity index (χ4n) is 3.51. The van der Waals surface area contributed by atoms with Crippen molar-refractivity contribution in [3.63, 3.8) is 0 Å². The molecule has 144 valence electrons. The summed E-state index contributed by atoms with van der Waals surface area (Å²) in [7, 11) is 0. The Bertz CT molecular complexity index is 825. The molecule has 3 aliphatic rings. The topological polar surface area (TPSA) is 58.0 Å². The number of hydrogen-bond donors (Lipinski definition) is 0. The van der Waals surface area contributed by atoms with Gasteiger partial charge in [0.25, 0.3) is 0 Å². The van der Waals surface area contributed by atoms with Crippen LogP contribution in [0, 0.1) is 0 Å². The average molecular weight is 385 g/mol. The first-order chi connectivity index (χ1) is 13.0. The first-order valence-electron chi connectivity index (χ1n) is 10.2. The van der Waals surface area contributed by atoms with Gasteiger partial charge in [-0.15, -0.1) is 0 Å². The summed E-state index contributed by atoms with van der Waals surface area (Å²) in [6.45, 7) is 10.6. The van der Waals surface area contributed by atoms with Crippen molar-refractivity contribution in [2.75, 3.05) is 36.0 Å². The van der Waals surface area contributed by atoms with E-state index in [0.717, 1.165) is 54.5 Å². The van der Waals surface area contributed by atoms with E-state index in [4.69, 9.17) is 15.0 Å². The van der Waals surface area contributed by atoms with Crippen LogP contribution in [-0.4, -0.2) is 45.5 Å². The average Bonchev–Trinajstić information content (AvgIpc) is 3.59. The Morgan fingerprint density at radius 1 is 0.852 bits per heavy atom. The Kier molecular flexibility index (Phi) is 4.11. The number of anilines is 2. The Hall–Kier alpha value is -1.76. The quantitative estimate of drug-likeness (QED) is 0.801. The summed E-state index contributed by atoms with van der Waals surface area (Å²) in [5.41, 5.74) is 1.21. The van der Waals surface area contributed by atoms with Gasteiger partial charge in [0.05, 0.1) is 5.69 Å². The fraction of sp³-hybridized carbons (Fsp3) is 0.700. The summed E-state index contributed by atoms with van der Waals surface area (Å²) in [5.74, 6) is 4.44. The standard InChI is InChI=1S/C20H28N6S/c1-20(2,3)15-12-16(22-17(21-15)13-4-5-13)25-8-10-26(11-9-25)19-23-18(24-27-19)14-6-7-14/h12-14H,4-11H2,1-3H3. The lowest BCUT2D eigenvalue weighted by Crippen LogP contribution is -2.47. The highest BCUT2D eigenvalue weighted by molar-refractivity contribution is 7.09. The molecule has 3 heterocycles. The summed E-state index contributed by atoms with van der Waals surface area (Å²) < 4.78 is 4.56. The summed E-state index contributed by atoms with van der Waals surface area (Å²) in [5, 5.41) is 1.09. The van der Waals surface area contributed by atoms with Gasteiger partial charge in [-0.25, -0.2) is 15.0 Å². The van der Waals surface area contributed by atoms with E-state index in [1.807, 2.05) is 0 Å². The maximum Gasteiger partial charge on any atom is 0.205 e. The zero-order valence-corrected chi connectivity index (χ0v) is 17.3. The highest BCUT2D eigenvalue weighted by Crippen LogP contribution is 2.41. The zero-order valence-electron chi connectivity index (χ0n) is 16.5. The Morgan fingerprint density at radius 2 is 1.48 bits per heavy atom. The lowest BCUT2D eigenvalue weighted by molar-refractivity contribution is 0.559. The van der Waals surface area contributed by atoms with E-state index in [-0.39, 0.29) is 5.41 Å². The van der Waals surface area contributed by atoms with Crippen LogP contribution in [0.4, 0.5) is 10.9 Å². The molecule has 0 aromatic carbocycles. The molecule has 6 nitrogen and oxygen atoms in total. The van der Waals surface area contributed by atoms with Gasteiger partial charge in [-0.2, -0.15) is 4.37 Å². The Balaban J connectivity index is 1.31. The number of aromatic nitrogens is 4. The van der Waals surface area contributed by atoms with Crippen molar-refractivity contribution in [3.05, 3.63) is 23.4 Å². The molecule has 2 aromatic heterocycles. The SMILES string of the molecule is CC(C)(C)c1cc(N2CCN(c3nc(C4CC4)ns3)CC2)nc(C2CC2)n1. The molecule has 0 N–H and O–H groups in total. The molecule has 2 saturated carbocycles. The second-order valence-corrected chi connectivity index (χ2v) is 9.91. The van der Waals surface area contributed by atoms with E-state index in [0.29, 0.717) is 11.8 Å². The van der Waals surface area contributed by atoms with E-state index in [1.54, 1.807) is 11.5 Å². The van der Waals surface area contributed by atoms with Crippen molar-refractivity contribution in [2.45, 2.75) is 63.7 Å². The second-order valence-electron chi connectivity index (χ2n) is 9.18. The summed E-state index contributed by atoms with van der Waals surface area (Å²) in [4.78, 5) is 19.4. The zero-order chi connectivity index (χ0) is 18.6. The maximum atomic E-state index is 4.94. The van der Waals surface area contributed by atoms with Gasteiger partial charge in [0.1, 0.15) is 17.5 Å². The summed E-state index contributed by atoms with van der Waals surface area (Å²) >= 11 is 1.56. The van der Waals surface area contributed by atoms with Gasteiger partial charge in [0, 0.05) is 61.0 Å². The van der Waals surface area contributed by atoms with Crippen molar-refractivity contribution in [3.8, 4) is 0 Å². The van der Waals surface area contributed by atoms with Gasteiger partial charge in [0.2, 0.25) is 5.13 Å². The number of rotatable bonds is 4. The lowest BCUT2D eigenvalue weighted by atomic mass is 9.91. The minimum absolute atomic E-state index is 0.0505. The first kappa shape index (κ1) is 17.3. The predicted molar refractivity (Wildman–Crippen MR) is 109 cm³/mol. The number of nitrogens with zero attached hydrogens (tertiary/aromatic N) is 6. The van der Waals surface area contributed by atoms with Crippen molar-refractivity contribution in [1.29, 1.82) is 0 Å². The molecule has 1 aliphatic heterocycles. The molecule has 2 aliphatic carbocycles. The van der Waals surface area contributed by atoms with Crippen LogP contribution >= 0.6 is 11.5 Å². The minimum atomic E-state index is 0.0505. The van der Waals surface area contributed by atoms with Gasteiger partial charge in [-0.1, -0.05) is 20.8 Å². The van der Waals surface area contributed by atoms with Gasteiger partial charge in [-0.05, 0) is 25.7 Å². The third-order valence-electron chi connectivity index (χ3n) is 5.69. The molecule has 0 radical (unpaired) electrons. The van der Waals surface area contributed by atoms with Crippen LogP contribution in [-0.2, 0) is 5.41 Å². The van der Waals surface area contributed by atoms with E-state index in [9.17, 15) is 0 Å². The first-order valence-corrected chi connectivity index (χ1v) is 11.0. The van der Waals surface area contributed by atoms with E-state index >= 15 is 0 Å². The molecule has 0 atom stereocenters. The second kappa shape index (κ2) is 6.40. The van der Waals surface area contributed by atoms with Crippen LogP contribution in [0.2, 0.25) is 0 Å². The summed E-state index contributed by atoms with van der Waals surface area (Å²) in [6, 6.07) is 2.21. The molecular formula is C20H28N6S. The molecule has 3 fully saturated rings. The monoisotopic (exact) mass is 384 g/mol. The molecule has 7 heteroatoms. The maximum absolute atomic E-state index is 4.94. The van der Waals surface area contributed by atoms with E-state index < -0.39 is 0 Å². The molecule has 0 amide bonds. The fourth-order valence-corrected chi connectivity index (χ4v) is 4.31. The third-order valence-corrected chi connectivity index (χ3v) is 6.48. The van der Waals surface area contributed by atoms with Crippen LogP contribution in [0.1, 0.15) is 75.6 Å². The molecule has 0 unspecified atom stereocenters. The third kappa shape index (κ3) is 3.66. The van der Waals surface area contributed by atoms with Gasteiger partial charge < -0.3 is 9.80 Å².